The number of hydrogen-bond donors (Lipinski definition) is 0. The average molecular weight is 243 g/mol. The molecule has 94 valence electrons. The van der Waals surface area contributed by atoms with E-state index in [1.807, 2.05) is 24.0 Å². The lowest BCUT2D eigenvalue weighted by molar-refractivity contribution is 0.122. The highest BCUT2D eigenvalue weighted by Crippen LogP contribution is 2.18. The van der Waals surface area contributed by atoms with Crippen molar-refractivity contribution in [3.05, 3.63) is 42.2 Å². The van der Waals surface area contributed by atoms with E-state index in [1.54, 1.807) is 0 Å². The molecule has 0 amide bonds. The normalized spacial score (nSPS) is 15.9. The summed E-state index contributed by atoms with van der Waals surface area (Å²) in [4.78, 5) is 2.35. The Labute approximate surface area is 107 Å². The van der Waals surface area contributed by atoms with Gasteiger partial charge in [-0.1, -0.05) is 0 Å². The molecule has 3 rings (SSSR count). The zero-order valence-corrected chi connectivity index (χ0v) is 10.5. The molecule has 0 unspecified atom stereocenters. The quantitative estimate of drug-likeness (QED) is 0.808. The number of rotatable bonds is 2. The van der Waals surface area contributed by atoms with Gasteiger partial charge in [-0.3, -0.25) is 0 Å². The summed E-state index contributed by atoms with van der Waals surface area (Å²) in [6, 6.07) is 8.52. The fraction of sp³-hybridized carbons (Fsp3) is 0.357. The second-order valence-electron chi connectivity index (χ2n) is 4.58. The van der Waals surface area contributed by atoms with Crippen molar-refractivity contribution in [3.8, 4) is 5.69 Å². The van der Waals surface area contributed by atoms with Crippen molar-refractivity contribution in [2.45, 2.75) is 6.92 Å². The van der Waals surface area contributed by atoms with Crippen molar-refractivity contribution < 1.29 is 4.74 Å². The van der Waals surface area contributed by atoms with Gasteiger partial charge in [-0.15, -0.1) is 0 Å². The summed E-state index contributed by atoms with van der Waals surface area (Å²) in [5.41, 5.74) is 3.53. The molecule has 18 heavy (non-hydrogen) atoms. The molecule has 4 nitrogen and oxygen atoms in total. The first kappa shape index (κ1) is 11.3. The lowest BCUT2D eigenvalue weighted by Crippen LogP contribution is -2.36. The number of aryl methyl sites for hydroxylation is 1. The molecule has 1 fully saturated rings. The molecule has 0 bridgehead atoms. The van der Waals surface area contributed by atoms with Crippen molar-refractivity contribution in [1.29, 1.82) is 0 Å². The van der Waals surface area contributed by atoms with Gasteiger partial charge in [0.05, 0.1) is 25.1 Å². The van der Waals surface area contributed by atoms with Crippen LogP contribution in [0.2, 0.25) is 0 Å². The van der Waals surface area contributed by atoms with E-state index in [-0.39, 0.29) is 0 Å². The van der Waals surface area contributed by atoms with Crippen molar-refractivity contribution in [1.82, 2.24) is 9.78 Å². The highest BCUT2D eigenvalue weighted by atomic mass is 16.5. The number of nitrogens with zero attached hydrogens (tertiary/aromatic N) is 3. The highest BCUT2D eigenvalue weighted by Gasteiger charge is 2.10. The molecule has 1 saturated heterocycles. The van der Waals surface area contributed by atoms with Crippen LogP contribution < -0.4 is 4.90 Å². The van der Waals surface area contributed by atoms with E-state index in [9.17, 15) is 0 Å². The summed E-state index contributed by atoms with van der Waals surface area (Å²) in [6.07, 6.45) is 3.90. The minimum atomic E-state index is 0.820. The zero-order valence-electron chi connectivity index (χ0n) is 10.5. The van der Waals surface area contributed by atoms with Crippen LogP contribution in [0.1, 0.15) is 5.56 Å². The maximum Gasteiger partial charge on any atom is 0.0647 e. The molecule has 1 aromatic heterocycles. The fourth-order valence-electron chi connectivity index (χ4n) is 2.19. The topological polar surface area (TPSA) is 30.3 Å². The minimum Gasteiger partial charge on any atom is -0.378 e. The highest BCUT2D eigenvalue weighted by molar-refractivity contribution is 5.51. The molecule has 0 spiro atoms. The standard InChI is InChI=1S/C14H17N3O/c1-12-10-15-17(11-12)14-4-2-13(3-5-14)16-6-8-18-9-7-16/h2-5,10-11H,6-9H2,1H3. The van der Waals surface area contributed by atoms with Crippen molar-refractivity contribution in [3.63, 3.8) is 0 Å². The van der Waals surface area contributed by atoms with Gasteiger partial charge in [0.25, 0.3) is 0 Å². The van der Waals surface area contributed by atoms with Crippen LogP contribution in [0.4, 0.5) is 5.69 Å². The van der Waals surface area contributed by atoms with E-state index in [2.05, 4.69) is 34.3 Å². The Hall–Kier alpha value is -1.81. The van der Waals surface area contributed by atoms with Gasteiger partial charge in [0.15, 0.2) is 0 Å². The third kappa shape index (κ3) is 2.24. The van der Waals surface area contributed by atoms with Gasteiger partial charge < -0.3 is 9.64 Å². The predicted octanol–water partition coefficient (Wildman–Crippen LogP) is 2.02. The summed E-state index contributed by atoms with van der Waals surface area (Å²) in [7, 11) is 0. The minimum absolute atomic E-state index is 0.820. The number of morpholine rings is 1. The van der Waals surface area contributed by atoms with Crippen LogP contribution >= 0.6 is 0 Å². The molecule has 1 aromatic carbocycles. The summed E-state index contributed by atoms with van der Waals surface area (Å²) in [6.45, 7) is 5.63. The molecule has 4 heteroatoms. The van der Waals surface area contributed by atoms with Crippen LogP contribution in [-0.4, -0.2) is 36.1 Å². The summed E-state index contributed by atoms with van der Waals surface area (Å²) < 4.78 is 7.26. The molecule has 0 saturated carbocycles. The van der Waals surface area contributed by atoms with Crippen LogP contribution in [0.5, 0.6) is 0 Å². The monoisotopic (exact) mass is 243 g/mol. The van der Waals surface area contributed by atoms with E-state index < -0.39 is 0 Å². The summed E-state index contributed by atoms with van der Waals surface area (Å²) >= 11 is 0. The molecular formula is C14H17N3O. The lowest BCUT2D eigenvalue weighted by Gasteiger charge is -2.28. The second kappa shape index (κ2) is 4.82. The lowest BCUT2D eigenvalue weighted by atomic mass is 10.2. The molecule has 0 atom stereocenters. The molecule has 2 aromatic rings. The maximum atomic E-state index is 5.36. The van der Waals surface area contributed by atoms with E-state index >= 15 is 0 Å². The Bertz CT molecular complexity index is 512. The third-order valence-corrected chi connectivity index (χ3v) is 3.20. The van der Waals surface area contributed by atoms with Gasteiger partial charge in [-0.25, -0.2) is 4.68 Å². The summed E-state index contributed by atoms with van der Waals surface area (Å²) in [5, 5.41) is 4.31. The third-order valence-electron chi connectivity index (χ3n) is 3.20. The first-order valence-corrected chi connectivity index (χ1v) is 6.27. The average Bonchev–Trinajstić information content (AvgIpc) is 2.87. The largest absolute Gasteiger partial charge is 0.378 e. The molecule has 0 N–H and O–H groups in total. The number of ether oxygens (including phenoxy) is 1. The van der Waals surface area contributed by atoms with Crippen molar-refractivity contribution in [2.75, 3.05) is 31.2 Å². The number of aromatic nitrogens is 2. The van der Waals surface area contributed by atoms with Crippen LogP contribution in [0.15, 0.2) is 36.7 Å². The first-order valence-electron chi connectivity index (χ1n) is 6.27. The summed E-state index contributed by atoms with van der Waals surface area (Å²) in [5.74, 6) is 0. The predicted molar refractivity (Wildman–Crippen MR) is 71.3 cm³/mol. The molecule has 0 radical (unpaired) electrons. The van der Waals surface area contributed by atoms with E-state index in [1.165, 1.54) is 11.3 Å². The SMILES string of the molecule is Cc1cnn(-c2ccc(N3CCOCC3)cc2)c1. The van der Waals surface area contributed by atoms with Gasteiger partial charge in [0, 0.05) is 25.0 Å². The van der Waals surface area contributed by atoms with Gasteiger partial charge >= 0.3 is 0 Å². The van der Waals surface area contributed by atoms with Crippen LogP contribution in [0.3, 0.4) is 0 Å². The number of benzene rings is 1. The van der Waals surface area contributed by atoms with E-state index in [0.29, 0.717) is 0 Å². The number of hydrogen-bond acceptors (Lipinski definition) is 3. The van der Waals surface area contributed by atoms with Crippen molar-refractivity contribution >= 4 is 5.69 Å². The maximum absolute atomic E-state index is 5.36. The van der Waals surface area contributed by atoms with Gasteiger partial charge in [0.2, 0.25) is 0 Å². The second-order valence-corrected chi connectivity index (χ2v) is 4.58. The first-order chi connectivity index (χ1) is 8.83. The van der Waals surface area contributed by atoms with E-state index in [4.69, 9.17) is 4.74 Å². The van der Waals surface area contributed by atoms with Gasteiger partial charge in [-0.2, -0.15) is 5.10 Å². The van der Waals surface area contributed by atoms with Crippen molar-refractivity contribution in [2.24, 2.45) is 0 Å². The molecule has 1 aliphatic rings. The molecular weight excluding hydrogens is 226 g/mol. The molecule has 0 aliphatic carbocycles. The smallest absolute Gasteiger partial charge is 0.0647 e. The van der Waals surface area contributed by atoms with Gasteiger partial charge in [0.1, 0.15) is 0 Å². The van der Waals surface area contributed by atoms with E-state index in [0.717, 1.165) is 32.0 Å². The Kier molecular flexibility index (Phi) is 3.02. The Morgan fingerprint density at radius 2 is 1.72 bits per heavy atom. The number of anilines is 1. The molecule has 1 aliphatic heterocycles. The molecule has 2 heterocycles. The zero-order chi connectivity index (χ0) is 12.4. The Balaban J connectivity index is 1.80. The van der Waals surface area contributed by atoms with Crippen LogP contribution in [0, 0.1) is 6.92 Å². The van der Waals surface area contributed by atoms with Crippen LogP contribution in [0.25, 0.3) is 5.69 Å². The van der Waals surface area contributed by atoms with Crippen LogP contribution in [-0.2, 0) is 4.74 Å². The Morgan fingerprint density at radius 1 is 1.06 bits per heavy atom. The van der Waals surface area contributed by atoms with Gasteiger partial charge in [-0.05, 0) is 36.8 Å². The Morgan fingerprint density at radius 3 is 2.33 bits per heavy atom. The fourth-order valence-corrected chi connectivity index (χ4v) is 2.19.